The zero-order chi connectivity index (χ0) is 15.1. The van der Waals surface area contributed by atoms with Crippen molar-refractivity contribution in [2.45, 2.75) is 12.2 Å². The molecule has 1 aromatic rings. The van der Waals surface area contributed by atoms with Gasteiger partial charge in [-0.3, -0.25) is 0 Å². The topological polar surface area (TPSA) is 54.0 Å². The van der Waals surface area contributed by atoms with Crippen LogP contribution in [0.4, 0.5) is 0 Å². The second kappa shape index (κ2) is 8.56. The van der Waals surface area contributed by atoms with Crippen LogP contribution >= 0.6 is 11.6 Å². The van der Waals surface area contributed by atoms with Crippen LogP contribution in [0.1, 0.15) is 0 Å². The third-order valence-electron chi connectivity index (χ3n) is 3.36. The number of nitrogens with zero attached hydrogens (tertiary/aromatic N) is 1. The number of aliphatic hydroxyl groups is 1. The highest BCUT2D eigenvalue weighted by molar-refractivity contribution is 6.32. The number of rotatable bonds is 7. The summed E-state index contributed by atoms with van der Waals surface area (Å²) in [5.41, 5.74) is 0. The van der Waals surface area contributed by atoms with E-state index in [0.29, 0.717) is 17.3 Å². The minimum atomic E-state index is -0.581. The highest BCUT2D eigenvalue weighted by Crippen LogP contribution is 2.22. The van der Waals surface area contributed by atoms with Crippen LogP contribution in [0.15, 0.2) is 24.3 Å². The van der Waals surface area contributed by atoms with E-state index in [4.69, 9.17) is 21.1 Å². The first-order valence-corrected chi connectivity index (χ1v) is 7.59. The van der Waals surface area contributed by atoms with Crippen molar-refractivity contribution < 1.29 is 14.6 Å². The van der Waals surface area contributed by atoms with Crippen molar-refractivity contribution in [3.63, 3.8) is 0 Å². The predicted molar refractivity (Wildman–Crippen MR) is 83.1 cm³/mol. The molecule has 1 aliphatic rings. The number of halogens is 1. The summed E-state index contributed by atoms with van der Waals surface area (Å²) >= 11 is 5.98. The summed E-state index contributed by atoms with van der Waals surface area (Å²) < 4.78 is 11.1. The summed E-state index contributed by atoms with van der Waals surface area (Å²) in [6, 6.07) is 7.24. The van der Waals surface area contributed by atoms with E-state index in [1.54, 1.807) is 12.1 Å². The lowest BCUT2D eigenvalue weighted by molar-refractivity contribution is -0.0196. The number of para-hydroxylation sites is 1. The van der Waals surface area contributed by atoms with Gasteiger partial charge in [0, 0.05) is 26.2 Å². The van der Waals surface area contributed by atoms with E-state index >= 15 is 0 Å². The normalized spacial score (nSPS) is 21.2. The van der Waals surface area contributed by atoms with Crippen molar-refractivity contribution in [2.75, 3.05) is 46.4 Å². The number of ether oxygens (including phenoxy) is 2. The van der Waals surface area contributed by atoms with Crippen molar-refractivity contribution >= 4 is 11.6 Å². The summed E-state index contributed by atoms with van der Waals surface area (Å²) in [5, 5.41) is 13.7. The molecule has 2 unspecified atom stereocenters. The van der Waals surface area contributed by atoms with Crippen LogP contribution in [0.25, 0.3) is 0 Å². The molecule has 2 N–H and O–H groups in total. The Hall–Kier alpha value is -0.850. The van der Waals surface area contributed by atoms with Gasteiger partial charge in [0.1, 0.15) is 18.5 Å². The first-order valence-electron chi connectivity index (χ1n) is 7.21. The van der Waals surface area contributed by atoms with Gasteiger partial charge in [-0.25, -0.2) is 0 Å². The van der Waals surface area contributed by atoms with E-state index in [2.05, 4.69) is 17.3 Å². The van der Waals surface area contributed by atoms with Crippen LogP contribution in [0.2, 0.25) is 5.02 Å². The molecule has 0 amide bonds. The highest BCUT2D eigenvalue weighted by atomic mass is 35.5. The maximum absolute atomic E-state index is 9.90. The van der Waals surface area contributed by atoms with Gasteiger partial charge in [0.05, 0.1) is 17.7 Å². The minimum absolute atomic E-state index is 0.181. The second-order valence-corrected chi connectivity index (χ2v) is 5.72. The minimum Gasteiger partial charge on any atom is -0.489 e. The molecule has 0 spiro atoms. The van der Waals surface area contributed by atoms with E-state index in [1.807, 2.05) is 12.1 Å². The lowest BCUT2D eigenvalue weighted by atomic mass is 10.2. The Morgan fingerprint density at radius 2 is 2.33 bits per heavy atom. The summed E-state index contributed by atoms with van der Waals surface area (Å²) in [6.45, 7) is 4.06. The standard InChI is InChI=1S/C15H23ClN2O3/c1-18-6-7-20-13(10-18)9-17-8-12(19)11-21-15-5-3-2-4-14(15)16/h2-5,12-13,17,19H,6-11H2,1H3. The molecular weight excluding hydrogens is 292 g/mol. The third kappa shape index (κ3) is 5.80. The van der Waals surface area contributed by atoms with E-state index in [-0.39, 0.29) is 12.7 Å². The van der Waals surface area contributed by atoms with Crippen LogP contribution in [0.3, 0.4) is 0 Å². The van der Waals surface area contributed by atoms with Gasteiger partial charge in [-0.05, 0) is 19.2 Å². The molecule has 1 heterocycles. The summed E-state index contributed by atoms with van der Waals surface area (Å²) in [4.78, 5) is 2.24. The zero-order valence-corrected chi connectivity index (χ0v) is 13.1. The Kier molecular flexibility index (Phi) is 6.73. The van der Waals surface area contributed by atoms with Gasteiger partial charge >= 0.3 is 0 Å². The molecule has 0 radical (unpaired) electrons. The molecule has 1 aliphatic heterocycles. The second-order valence-electron chi connectivity index (χ2n) is 5.31. The highest BCUT2D eigenvalue weighted by Gasteiger charge is 2.17. The first kappa shape index (κ1) is 16.5. The van der Waals surface area contributed by atoms with Crippen LogP contribution in [0.5, 0.6) is 5.75 Å². The van der Waals surface area contributed by atoms with E-state index in [9.17, 15) is 5.11 Å². The molecule has 1 saturated heterocycles. The Morgan fingerprint density at radius 1 is 1.52 bits per heavy atom. The number of morpholine rings is 1. The molecule has 6 heteroatoms. The Labute approximate surface area is 130 Å². The third-order valence-corrected chi connectivity index (χ3v) is 3.67. The van der Waals surface area contributed by atoms with Crippen LogP contribution in [-0.2, 0) is 4.74 Å². The van der Waals surface area contributed by atoms with E-state index in [1.165, 1.54) is 0 Å². The molecule has 118 valence electrons. The van der Waals surface area contributed by atoms with Gasteiger partial charge in [-0.1, -0.05) is 23.7 Å². The van der Waals surface area contributed by atoms with E-state index in [0.717, 1.165) is 26.2 Å². The van der Waals surface area contributed by atoms with Gasteiger partial charge in [-0.2, -0.15) is 0 Å². The van der Waals surface area contributed by atoms with Crippen LogP contribution in [-0.4, -0.2) is 68.7 Å². The van der Waals surface area contributed by atoms with Gasteiger partial charge in [-0.15, -0.1) is 0 Å². The fourth-order valence-electron chi connectivity index (χ4n) is 2.21. The molecule has 0 aromatic heterocycles. The number of likely N-dealkylation sites (N-methyl/N-ethyl adjacent to an activating group) is 1. The maximum Gasteiger partial charge on any atom is 0.138 e. The Morgan fingerprint density at radius 3 is 3.10 bits per heavy atom. The zero-order valence-electron chi connectivity index (χ0n) is 12.3. The molecule has 1 aromatic carbocycles. The molecular formula is C15H23ClN2O3. The number of hydrogen-bond acceptors (Lipinski definition) is 5. The number of benzene rings is 1. The van der Waals surface area contributed by atoms with E-state index < -0.39 is 6.10 Å². The van der Waals surface area contributed by atoms with Gasteiger partial charge < -0.3 is 24.8 Å². The van der Waals surface area contributed by atoms with Crippen molar-refractivity contribution in [1.82, 2.24) is 10.2 Å². The first-order chi connectivity index (χ1) is 10.1. The SMILES string of the molecule is CN1CCOC(CNCC(O)COc2ccccc2Cl)C1. The molecule has 0 bridgehead atoms. The monoisotopic (exact) mass is 314 g/mol. The summed E-state index contributed by atoms with van der Waals surface area (Å²) in [7, 11) is 2.09. The molecule has 21 heavy (non-hydrogen) atoms. The average molecular weight is 315 g/mol. The van der Waals surface area contributed by atoms with Crippen LogP contribution in [0, 0.1) is 0 Å². The lowest BCUT2D eigenvalue weighted by Gasteiger charge is -2.30. The Bertz CT molecular complexity index is 433. The van der Waals surface area contributed by atoms with Crippen molar-refractivity contribution in [1.29, 1.82) is 0 Å². The summed E-state index contributed by atoms with van der Waals surface area (Å²) in [5.74, 6) is 0.593. The van der Waals surface area contributed by atoms with Gasteiger partial charge in [0.25, 0.3) is 0 Å². The summed E-state index contributed by atoms with van der Waals surface area (Å²) in [6.07, 6.45) is -0.400. The molecule has 0 saturated carbocycles. The molecule has 5 nitrogen and oxygen atoms in total. The fourth-order valence-corrected chi connectivity index (χ4v) is 2.40. The van der Waals surface area contributed by atoms with Gasteiger partial charge in [0.15, 0.2) is 0 Å². The Balaban J connectivity index is 1.61. The molecule has 0 aliphatic carbocycles. The number of hydrogen-bond donors (Lipinski definition) is 2. The van der Waals surface area contributed by atoms with Crippen molar-refractivity contribution in [3.05, 3.63) is 29.3 Å². The molecule has 2 rings (SSSR count). The average Bonchev–Trinajstić information content (AvgIpc) is 2.46. The largest absolute Gasteiger partial charge is 0.489 e. The molecule has 1 fully saturated rings. The number of aliphatic hydroxyl groups excluding tert-OH is 1. The maximum atomic E-state index is 9.90. The smallest absolute Gasteiger partial charge is 0.138 e. The fraction of sp³-hybridized carbons (Fsp3) is 0.600. The number of nitrogens with one attached hydrogen (secondary N) is 1. The molecule has 2 atom stereocenters. The lowest BCUT2D eigenvalue weighted by Crippen LogP contribution is -2.46. The van der Waals surface area contributed by atoms with Crippen LogP contribution < -0.4 is 10.1 Å². The van der Waals surface area contributed by atoms with Gasteiger partial charge in [0.2, 0.25) is 0 Å². The quantitative estimate of drug-likeness (QED) is 0.786. The predicted octanol–water partition coefficient (Wildman–Crippen LogP) is 1.000. The van der Waals surface area contributed by atoms with Crippen molar-refractivity contribution in [3.8, 4) is 5.75 Å². The van der Waals surface area contributed by atoms with Crippen molar-refractivity contribution in [2.24, 2.45) is 0 Å².